The number of aromatic nitrogens is 2. The minimum absolute atomic E-state index is 0.354. The molecule has 0 amide bonds. The van der Waals surface area contributed by atoms with Gasteiger partial charge in [0.15, 0.2) is 5.76 Å². The third-order valence-electron chi connectivity index (χ3n) is 2.33. The van der Waals surface area contributed by atoms with Crippen LogP contribution in [0.25, 0.3) is 22.2 Å². The highest BCUT2D eigenvalue weighted by Gasteiger charge is 2.13. The van der Waals surface area contributed by atoms with Gasteiger partial charge in [0.1, 0.15) is 10.8 Å². The molecule has 0 saturated heterocycles. The number of halogens is 2. The topological polar surface area (TPSA) is 38.9 Å². The molecule has 0 atom stereocenters. The fourth-order valence-corrected chi connectivity index (χ4v) is 2.36. The van der Waals surface area contributed by atoms with Crippen LogP contribution in [0.15, 0.2) is 41.0 Å². The summed E-state index contributed by atoms with van der Waals surface area (Å²) in [5.74, 6) is 0.603. The summed E-state index contributed by atoms with van der Waals surface area (Å²) in [5.41, 5.74) is 0.384. The smallest absolute Gasteiger partial charge is 0.209 e. The van der Waals surface area contributed by atoms with Gasteiger partial charge in [-0.2, -0.15) is 4.37 Å². The van der Waals surface area contributed by atoms with E-state index in [0.29, 0.717) is 27.2 Å². The van der Waals surface area contributed by atoms with Crippen LogP contribution in [-0.2, 0) is 0 Å². The van der Waals surface area contributed by atoms with Crippen molar-refractivity contribution in [2.24, 2.45) is 0 Å². The number of rotatable bonds is 2. The molecule has 0 saturated carbocycles. The van der Waals surface area contributed by atoms with Crippen molar-refractivity contribution in [3.05, 3.63) is 47.4 Å². The average molecular weight is 281 g/mol. The van der Waals surface area contributed by atoms with Crippen LogP contribution in [0.5, 0.6) is 0 Å². The highest BCUT2D eigenvalue weighted by Crippen LogP contribution is 2.29. The van der Waals surface area contributed by atoms with Crippen molar-refractivity contribution in [2.75, 3.05) is 0 Å². The molecule has 18 heavy (non-hydrogen) atoms. The van der Waals surface area contributed by atoms with Crippen molar-refractivity contribution >= 4 is 23.1 Å². The Kier molecular flexibility index (Phi) is 2.85. The second kappa shape index (κ2) is 4.51. The summed E-state index contributed by atoms with van der Waals surface area (Å²) in [6, 6.07) is 7.96. The molecule has 0 aliphatic rings. The maximum Gasteiger partial charge on any atom is 0.209 e. The molecule has 0 spiro atoms. The molecule has 3 aromatic rings. The lowest BCUT2D eigenvalue weighted by atomic mass is 10.2. The Hall–Kier alpha value is -1.72. The summed E-state index contributed by atoms with van der Waals surface area (Å²) in [5, 5.41) is 0.850. The fourth-order valence-electron chi connectivity index (χ4n) is 1.50. The van der Waals surface area contributed by atoms with E-state index in [1.807, 2.05) is 0 Å². The van der Waals surface area contributed by atoms with Gasteiger partial charge in [0, 0.05) is 10.6 Å². The first-order valence-corrected chi connectivity index (χ1v) is 6.22. The first-order chi connectivity index (χ1) is 8.74. The van der Waals surface area contributed by atoms with E-state index in [2.05, 4.69) is 9.36 Å². The van der Waals surface area contributed by atoms with E-state index in [1.54, 1.807) is 30.5 Å². The molecule has 0 unspecified atom stereocenters. The standard InChI is InChI=1S/C12H6ClFN2OS/c13-7-3-4-8(9(14)6-7)12-15-11(16-18-12)10-2-1-5-17-10/h1-6H. The van der Waals surface area contributed by atoms with E-state index >= 15 is 0 Å². The van der Waals surface area contributed by atoms with Crippen LogP contribution in [0.3, 0.4) is 0 Å². The molecule has 2 heterocycles. The first-order valence-electron chi connectivity index (χ1n) is 5.07. The van der Waals surface area contributed by atoms with Gasteiger partial charge in [0.2, 0.25) is 5.82 Å². The Morgan fingerprint density at radius 3 is 2.89 bits per heavy atom. The van der Waals surface area contributed by atoms with E-state index in [9.17, 15) is 4.39 Å². The van der Waals surface area contributed by atoms with E-state index < -0.39 is 5.82 Å². The molecular weight excluding hydrogens is 275 g/mol. The lowest BCUT2D eigenvalue weighted by Gasteiger charge is -1.97. The zero-order valence-electron chi connectivity index (χ0n) is 8.93. The van der Waals surface area contributed by atoms with Crippen LogP contribution in [0.2, 0.25) is 5.02 Å². The van der Waals surface area contributed by atoms with Crippen molar-refractivity contribution in [1.29, 1.82) is 0 Å². The molecule has 0 N–H and O–H groups in total. The highest BCUT2D eigenvalue weighted by molar-refractivity contribution is 7.09. The summed E-state index contributed by atoms with van der Waals surface area (Å²) in [6.45, 7) is 0. The van der Waals surface area contributed by atoms with Crippen LogP contribution in [-0.4, -0.2) is 9.36 Å². The zero-order chi connectivity index (χ0) is 12.5. The second-order valence-corrected chi connectivity index (χ2v) is 4.71. The molecule has 0 aliphatic heterocycles. The van der Waals surface area contributed by atoms with Gasteiger partial charge in [-0.1, -0.05) is 11.6 Å². The van der Waals surface area contributed by atoms with Gasteiger partial charge in [0.05, 0.1) is 6.26 Å². The molecule has 0 bridgehead atoms. The van der Waals surface area contributed by atoms with Gasteiger partial charge in [0.25, 0.3) is 0 Å². The van der Waals surface area contributed by atoms with Gasteiger partial charge in [-0.05, 0) is 41.9 Å². The van der Waals surface area contributed by atoms with E-state index in [4.69, 9.17) is 16.0 Å². The van der Waals surface area contributed by atoms with Crippen LogP contribution in [0.4, 0.5) is 4.39 Å². The van der Waals surface area contributed by atoms with E-state index in [1.165, 1.54) is 6.07 Å². The minimum Gasteiger partial charge on any atom is -0.461 e. The largest absolute Gasteiger partial charge is 0.461 e. The van der Waals surface area contributed by atoms with E-state index in [-0.39, 0.29) is 0 Å². The number of hydrogen-bond acceptors (Lipinski definition) is 4. The summed E-state index contributed by atoms with van der Waals surface area (Å²) < 4.78 is 23.0. The molecule has 0 radical (unpaired) electrons. The Labute approximate surface area is 111 Å². The number of furan rings is 1. The summed E-state index contributed by atoms with van der Waals surface area (Å²) in [6.07, 6.45) is 1.54. The Balaban J connectivity index is 2.03. The minimum atomic E-state index is -0.412. The maximum absolute atomic E-state index is 13.7. The molecule has 90 valence electrons. The zero-order valence-corrected chi connectivity index (χ0v) is 10.5. The molecule has 0 fully saturated rings. The highest BCUT2D eigenvalue weighted by atomic mass is 35.5. The van der Waals surface area contributed by atoms with Crippen LogP contribution in [0.1, 0.15) is 0 Å². The Morgan fingerprint density at radius 1 is 1.28 bits per heavy atom. The maximum atomic E-state index is 13.7. The molecule has 1 aromatic carbocycles. The van der Waals surface area contributed by atoms with Crippen molar-refractivity contribution in [3.8, 4) is 22.2 Å². The summed E-state index contributed by atoms with van der Waals surface area (Å²) >= 11 is 6.82. The van der Waals surface area contributed by atoms with Gasteiger partial charge < -0.3 is 4.42 Å². The summed E-state index contributed by atoms with van der Waals surface area (Å²) in [4.78, 5) is 4.24. The van der Waals surface area contributed by atoms with E-state index in [0.717, 1.165) is 11.5 Å². The predicted molar refractivity (Wildman–Crippen MR) is 68.0 cm³/mol. The average Bonchev–Trinajstić information content (AvgIpc) is 2.99. The van der Waals surface area contributed by atoms with Gasteiger partial charge in [-0.3, -0.25) is 0 Å². The molecule has 3 nitrogen and oxygen atoms in total. The van der Waals surface area contributed by atoms with Gasteiger partial charge in [-0.25, -0.2) is 9.37 Å². The molecular formula is C12H6ClFN2OS. The van der Waals surface area contributed by atoms with Crippen molar-refractivity contribution in [1.82, 2.24) is 9.36 Å². The van der Waals surface area contributed by atoms with Crippen LogP contribution >= 0.6 is 23.1 Å². The third kappa shape index (κ3) is 2.02. The number of benzene rings is 1. The van der Waals surface area contributed by atoms with Crippen molar-refractivity contribution in [3.63, 3.8) is 0 Å². The van der Waals surface area contributed by atoms with Crippen molar-refractivity contribution in [2.45, 2.75) is 0 Å². The lowest BCUT2D eigenvalue weighted by Crippen LogP contribution is -1.83. The predicted octanol–water partition coefficient (Wildman–Crippen LogP) is 4.26. The Bertz CT molecular complexity index is 681. The SMILES string of the molecule is Fc1cc(Cl)ccc1-c1nc(-c2ccco2)ns1. The quantitative estimate of drug-likeness (QED) is 0.704. The van der Waals surface area contributed by atoms with Gasteiger partial charge in [-0.15, -0.1) is 0 Å². The van der Waals surface area contributed by atoms with Crippen LogP contribution < -0.4 is 0 Å². The van der Waals surface area contributed by atoms with Crippen molar-refractivity contribution < 1.29 is 8.81 Å². The second-order valence-electron chi connectivity index (χ2n) is 3.52. The van der Waals surface area contributed by atoms with Crippen LogP contribution in [0, 0.1) is 5.82 Å². The third-order valence-corrected chi connectivity index (χ3v) is 3.31. The number of nitrogens with zero attached hydrogens (tertiary/aromatic N) is 2. The first kappa shape index (κ1) is 11.4. The molecule has 0 aliphatic carbocycles. The molecule has 3 rings (SSSR count). The number of hydrogen-bond donors (Lipinski definition) is 0. The Morgan fingerprint density at radius 2 is 2.17 bits per heavy atom. The lowest BCUT2D eigenvalue weighted by molar-refractivity contribution is 0.578. The molecule has 2 aromatic heterocycles. The normalized spacial score (nSPS) is 10.8. The fraction of sp³-hybridized carbons (Fsp3) is 0. The molecule has 6 heteroatoms. The monoisotopic (exact) mass is 280 g/mol. The van der Waals surface area contributed by atoms with Gasteiger partial charge >= 0.3 is 0 Å². The summed E-state index contributed by atoms with van der Waals surface area (Å²) in [7, 11) is 0.